The second-order valence-corrected chi connectivity index (χ2v) is 3.23. The van der Waals surface area contributed by atoms with Crippen LogP contribution in [0.2, 0.25) is 6.82 Å². The zero-order valence-corrected chi connectivity index (χ0v) is 9.33. The zero-order chi connectivity index (χ0) is 11.6. The molecular weight excluding hydrogens is 193 g/mol. The summed E-state index contributed by atoms with van der Waals surface area (Å²) in [7, 11) is 4.80. The van der Waals surface area contributed by atoms with E-state index in [2.05, 4.69) is 0 Å². The lowest BCUT2D eigenvalue weighted by atomic mass is 9.76. The molecular formula is C10H13BNO3. The van der Waals surface area contributed by atoms with Crippen molar-refractivity contribution in [3.05, 3.63) is 22.0 Å². The summed E-state index contributed by atoms with van der Waals surface area (Å²) in [6, 6.07) is 1.66. The molecule has 15 heavy (non-hydrogen) atoms. The minimum Gasteiger partial charge on any atom is -0.491 e. The summed E-state index contributed by atoms with van der Waals surface area (Å²) >= 11 is 0. The number of methoxy groups -OCH3 is 1. The van der Waals surface area contributed by atoms with Crippen LogP contribution in [0, 0.1) is 0 Å². The van der Waals surface area contributed by atoms with Crippen LogP contribution in [0.1, 0.15) is 17.3 Å². The van der Waals surface area contributed by atoms with E-state index in [1.807, 2.05) is 6.82 Å². The molecule has 79 valence electrons. The Hall–Kier alpha value is -1.52. The van der Waals surface area contributed by atoms with Crippen LogP contribution in [-0.2, 0) is 7.05 Å². The Morgan fingerprint density at radius 2 is 2.13 bits per heavy atom. The molecule has 0 spiro atoms. The first-order valence-electron chi connectivity index (χ1n) is 4.61. The van der Waals surface area contributed by atoms with Crippen molar-refractivity contribution in [2.75, 3.05) is 7.11 Å². The van der Waals surface area contributed by atoms with Crippen molar-refractivity contribution >= 4 is 18.7 Å². The van der Waals surface area contributed by atoms with E-state index < -0.39 is 0 Å². The van der Waals surface area contributed by atoms with Crippen molar-refractivity contribution in [3.63, 3.8) is 0 Å². The summed E-state index contributed by atoms with van der Waals surface area (Å²) in [6.45, 7) is 3.22. The number of Topliss-reactive ketones (excluding diaryl/α,β-unsaturated/α-hetero) is 1. The smallest absolute Gasteiger partial charge is 0.292 e. The number of aromatic nitrogens is 1. The molecule has 0 bridgehead atoms. The number of carbonyl (C=O) groups is 1. The van der Waals surface area contributed by atoms with E-state index in [0.717, 1.165) is 0 Å². The van der Waals surface area contributed by atoms with Crippen molar-refractivity contribution in [2.45, 2.75) is 13.7 Å². The lowest BCUT2D eigenvalue weighted by Gasteiger charge is -2.11. The topological polar surface area (TPSA) is 48.3 Å². The lowest BCUT2D eigenvalue weighted by molar-refractivity contribution is 0.101. The van der Waals surface area contributed by atoms with Gasteiger partial charge in [-0.1, -0.05) is 6.82 Å². The minimum atomic E-state index is -0.293. The van der Waals surface area contributed by atoms with Crippen LogP contribution in [0.4, 0.5) is 0 Å². The van der Waals surface area contributed by atoms with E-state index in [0.29, 0.717) is 11.2 Å². The molecule has 5 heteroatoms. The maximum absolute atomic E-state index is 11.8. The molecule has 1 aromatic rings. The van der Waals surface area contributed by atoms with Gasteiger partial charge in [0.1, 0.15) is 0 Å². The van der Waals surface area contributed by atoms with Gasteiger partial charge in [0, 0.05) is 7.05 Å². The number of nitrogens with zero attached hydrogens (tertiary/aromatic N) is 1. The van der Waals surface area contributed by atoms with E-state index in [-0.39, 0.29) is 17.1 Å². The van der Waals surface area contributed by atoms with Gasteiger partial charge in [0.05, 0.1) is 12.7 Å². The van der Waals surface area contributed by atoms with E-state index in [4.69, 9.17) is 4.74 Å². The molecule has 4 nitrogen and oxygen atoms in total. The van der Waals surface area contributed by atoms with Gasteiger partial charge in [0.2, 0.25) is 0 Å². The van der Waals surface area contributed by atoms with Crippen LogP contribution >= 0.6 is 0 Å². The summed E-state index contributed by atoms with van der Waals surface area (Å²) < 4.78 is 6.40. The first kappa shape index (κ1) is 11.6. The second-order valence-electron chi connectivity index (χ2n) is 3.23. The molecule has 0 atom stereocenters. The van der Waals surface area contributed by atoms with Crippen LogP contribution in [0.5, 0.6) is 5.75 Å². The van der Waals surface area contributed by atoms with E-state index in [9.17, 15) is 9.59 Å². The molecule has 1 aromatic heterocycles. The predicted octanol–water partition coefficient (Wildman–Crippen LogP) is -0.0259. The highest BCUT2D eigenvalue weighted by atomic mass is 16.5. The Balaban J connectivity index is 3.59. The molecule has 0 aromatic carbocycles. The Bertz CT molecular complexity index is 451. The van der Waals surface area contributed by atoms with Crippen molar-refractivity contribution < 1.29 is 9.53 Å². The van der Waals surface area contributed by atoms with Gasteiger partial charge in [-0.3, -0.25) is 9.59 Å². The largest absolute Gasteiger partial charge is 0.491 e. The zero-order valence-electron chi connectivity index (χ0n) is 9.33. The van der Waals surface area contributed by atoms with Gasteiger partial charge < -0.3 is 9.30 Å². The van der Waals surface area contributed by atoms with E-state index >= 15 is 0 Å². The number of ether oxygens (including phenoxy) is 1. The average molecular weight is 206 g/mol. The van der Waals surface area contributed by atoms with Gasteiger partial charge in [-0.15, -0.1) is 0 Å². The summed E-state index contributed by atoms with van der Waals surface area (Å²) in [5.74, 6) is -0.0664. The van der Waals surface area contributed by atoms with Gasteiger partial charge >= 0.3 is 0 Å². The van der Waals surface area contributed by atoms with Gasteiger partial charge in [0.25, 0.3) is 5.56 Å². The standard InChI is InChI=1S/C10H13BNO3/c1-6(13)7-5-8(11-2)12(3)10(14)9(7)15-4/h5H,1-4H3. The quantitative estimate of drug-likeness (QED) is 0.515. The summed E-state index contributed by atoms with van der Waals surface area (Å²) in [6.07, 6.45) is 0. The molecule has 0 aliphatic rings. The molecule has 0 unspecified atom stereocenters. The van der Waals surface area contributed by atoms with Crippen LogP contribution in [0.3, 0.4) is 0 Å². The fraction of sp³-hybridized carbons (Fsp3) is 0.400. The maximum atomic E-state index is 11.8. The van der Waals surface area contributed by atoms with Gasteiger partial charge in [0.15, 0.2) is 18.8 Å². The highest BCUT2D eigenvalue weighted by Crippen LogP contribution is 2.11. The first-order chi connectivity index (χ1) is 7.02. The number of hydrogen-bond donors (Lipinski definition) is 0. The summed E-state index contributed by atoms with van der Waals surface area (Å²) in [4.78, 5) is 23.1. The monoisotopic (exact) mass is 206 g/mol. The van der Waals surface area contributed by atoms with Crippen molar-refractivity contribution in [2.24, 2.45) is 7.05 Å². The molecule has 1 rings (SSSR count). The van der Waals surface area contributed by atoms with Gasteiger partial charge in [-0.2, -0.15) is 0 Å². The fourth-order valence-electron chi connectivity index (χ4n) is 1.43. The summed E-state index contributed by atoms with van der Waals surface area (Å²) in [5, 5.41) is 0. The van der Waals surface area contributed by atoms with Crippen molar-refractivity contribution in [3.8, 4) is 5.75 Å². The molecule has 1 radical (unpaired) electrons. The number of rotatable bonds is 3. The molecule has 1 heterocycles. The van der Waals surface area contributed by atoms with Gasteiger partial charge in [-0.05, 0) is 18.6 Å². The lowest BCUT2D eigenvalue weighted by Crippen LogP contribution is -2.35. The van der Waals surface area contributed by atoms with Crippen molar-refractivity contribution in [1.29, 1.82) is 0 Å². The van der Waals surface area contributed by atoms with Crippen LogP contribution < -0.4 is 15.9 Å². The molecule has 0 aliphatic carbocycles. The Labute approximate surface area is 89.1 Å². The molecule has 0 saturated heterocycles. The summed E-state index contributed by atoms with van der Waals surface area (Å²) in [5.41, 5.74) is 0.734. The molecule has 0 fully saturated rings. The average Bonchev–Trinajstić information content (AvgIpc) is 2.21. The Morgan fingerprint density at radius 1 is 1.53 bits per heavy atom. The highest BCUT2D eigenvalue weighted by molar-refractivity contribution is 6.51. The number of carbonyl (C=O) groups excluding carboxylic acids is 1. The van der Waals surface area contributed by atoms with Gasteiger partial charge in [-0.25, -0.2) is 0 Å². The fourth-order valence-corrected chi connectivity index (χ4v) is 1.43. The minimum absolute atomic E-state index is 0.107. The molecule has 0 saturated carbocycles. The third-order valence-electron chi connectivity index (χ3n) is 2.30. The van der Waals surface area contributed by atoms with E-state index in [1.54, 1.807) is 20.4 Å². The second kappa shape index (κ2) is 4.34. The maximum Gasteiger partial charge on any atom is 0.292 e. The first-order valence-corrected chi connectivity index (χ1v) is 4.61. The van der Waals surface area contributed by atoms with Crippen LogP contribution in [0.15, 0.2) is 10.9 Å². The highest BCUT2D eigenvalue weighted by Gasteiger charge is 2.15. The number of pyridine rings is 1. The van der Waals surface area contributed by atoms with Crippen LogP contribution in [0.25, 0.3) is 0 Å². The van der Waals surface area contributed by atoms with Crippen molar-refractivity contribution in [1.82, 2.24) is 4.57 Å². The molecule has 0 aliphatic heterocycles. The Morgan fingerprint density at radius 3 is 2.53 bits per heavy atom. The third kappa shape index (κ3) is 1.96. The molecule has 0 N–H and O–H groups in total. The normalized spacial score (nSPS) is 9.87. The van der Waals surface area contributed by atoms with Crippen LogP contribution in [-0.4, -0.2) is 24.7 Å². The Kier molecular flexibility index (Phi) is 3.34. The number of hydrogen-bond acceptors (Lipinski definition) is 3. The van der Waals surface area contributed by atoms with E-state index in [1.165, 1.54) is 18.6 Å². The number of ketones is 1. The SMILES string of the molecule is C[B]c1cc(C(C)=O)c(OC)c(=O)n1C. The molecule has 0 amide bonds. The third-order valence-corrected chi connectivity index (χ3v) is 2.30. The predicted molar refractivity (Wildman–Crippen MR) is 59.5 cm³/mol.